The van der Waals surface area contributed by atoms with Gasteiger partial charge in [-0.15, -0.1) is 0 Å². The SMILES string of the molecule is CCc1cc(NCC(O)COc2ccc(F)c(F)c2)nc(C)n1. The Morgan fingerprint density at radius 1 is 1.22 bits per heavy atom. The number of aliphatic hydroxyl groups is 1. The number of aliphatic hydroxyl groups excluding tert-OH is 1. The Morgan fingerprint density at radius 3 is 2.70 bits per heavy atom. The molecule has 5 nitrogen and oxygen atoms in total. The Kier molecular flexibility index (Phi) is 5.81. The van der Waals surface area contributed by atoms with E-state index in [2.05, 4.69) is 15.3 Å². The number of aromatic nitrogens is 2. The molecule has 2 rings (SSSR count). The first-order valence-corrected chi connectivity index (χ1v) is 7.32. The van der Waals surface area contributed by atoms with Crippen molar-refractivity contribution in [3.63, 3.8) is 0 Å². The third-order valence-corrected chi connectivity index (χ3v) is 3.11. The molecule has 23 heavy (non-hydrogen) atoms. The van der Waals surface area contributed by atoms with E-state index in [1.54, 1.807) is 6.92 Å². The third-order valence-electron chi connectivity index (χ3n) is 3.11. The molecule has 0 aliphatic rings. The van der Waals surface area contributed by atoms with Crippen LogP contribution in [-0.4, -0.2) is 34.3 Å². The van der Waals surface area contributed by atoms with Gasteiger partial charge < -0.3 is 15.2 Å². The van der Waals surface area contributed by atoms with E-state index >= 15 is 0 Å². The highest BCUT2D eigenvalue weighted by Gasteiger charge is 2.09. The van der Waals surface area contributed by atoms with Crippen molar-refractivity contribution in [3.8, 4) is 5.75 Å². The second-order valence-electron chi connectivity index (χ2n) is 5.07. The fraction of sp³-hybridized carbons (Fsp3) is 0.375. The highest BCUT2D eigenvalue weighted by atomic mass is 19.2. The number of rotatable bonds is 7. The number of hydrogen-bond donors (Lipinski definition) is 2. The fourth-order valence-corrected chi connectivity index (χ4v) is 1.94. The van der Waals surface area contributed by atoms with E-state index < -0.39 is 17.7 Å². The number of hydrogen-bond acceptors (Lipinski definition) is 5. The van der Waals surface area contributed by atoms with E-state index in [4.69, 9.17) is 4.74 Å². The molecule has 124 valence electrons. The maximum Gasteiger partial charge on any atom is 0.162 e. The molecule has 7 heteroatoms. The molecular weight excluding hydrogens is 304 g/mol. The van der Waals surface area contributed by atoms with Crippen LogP contribution in [0.1, 0.15) is 18.4 Å². The predicted molar refractivity (Wildman–Crippen MR) is 82.5 cm³/mol. The van der Waals surface area contributed by atoms with E-state index in [0.717, 1.165) is 24.2 Å². The molecule has 0 aliphatic heterocycles. The van der Waals surface area contributed by atoms with Gasteiger partial charge in [-0.3, -0.25) is 0 Å². The van der Waals surface area contributed by atoms with E-state index in [-0.39, 0.29) is 18.9 Å². The summed E-state index contributed by atoms with van der Waals surface area (Å²) in [5.74, 6) is -0.487. The van der Waals surface area contributed by atoms with Crippen LogP contribution in [-0.2, 0) is 6.42 Å². The monoisotopic (exact) mass is 323 g/mol. The van der Waals surface area contributed by atoms with Crippen molar-refractivity contribution in [3.05, 3.63) is 47.4 Å². The minimum atomic E-state index is -0.987. The molecule has 0 fully saturated rings. The fourth-order valence-electron chi connectivity index (χ4n) is 1.94. The maximum atomic E-state index is 13.0. The second kappa shape index (κ2) is 7.82. The van der Waals surface area contributed by atoms with Crippen molar-refractivity contribution in [2.75, 3.05) is 18.5 Å². The lowest BCUT2D eigenvalue weighted by Gasteiger charge is -2.14. The van der Waals surface area contributed by atoms with Gasteiger partial charge in [-0.1, -0.05) is 6.92 Å². The topological polar surface area (TPSA) is 67.3 Å². The van der Waals surface area contributed by atoms with Gasteiger partial charge >= 0.3 is 0 Å². The van der Waals surface area contributed by atoms with Gasteiger partial charge in [-0.05, 0) is 25.5 Å². The summed E-state index contributed by atoms with van der Waals surface area (Å²) in [5, 5.41) is 12.9. The van der Waals surface area contributed by atoms with Crippen LogP contribution >= 0.6 is 0 Å². The van der Waals surface area contributed by atoms with Crippen molar-refractivity contribution < 1.29 is 18.6 Å². The average Bonchev–Trinajstić information content (AvgIpc) is 2.53. The quantitative estimate of drug-likeness (QED) is 0.819. The van der Waals surface area contributed by atoms with E-state index in [1.807, 2.05) is 13.0 Å². The number of halogens is 2. The van der Waals surface area contributed by atoms with Gasteiger partial charge in [0, 0.05) is 24.4 Å². The van der Waals surface area contributed by atoms with Crippen LogP contribution in [0.3, 0.4) is 0 Å². The van der Waals surface area contributed by atoms with Crippen LogP contribution in [0.15, 0.2) is 24.3 Å². The summed E-state index contributed by atoms with van der Waals surface area (Å²) in [5.41, 5.74) is 0.910. The van der Waals surface area contributed by atoms with Crippen molar-refractivity contribution >= 4 is 5.82 Å². The highest BCUT2D eigenvalue weighted by molar-refractivity contribution is 5.36. The standard InChI is InChI=1S/C16H19F2N3O2/c1-3-11-6-16(21-10(2)20-11)19-8-12(22)9-23-13-4-5-14(17)15(18)7-13/h4-7,12,22H,3,8-9H2,1-2H3,(H,19,20,21). The summed E-state index contributed by atoms with van der Waals surface area (Å²) in [6, 6.07) is 5.04. The first-order chi connectivity index (χ1) is 11.0. The number of nitrogens with zero attached hydrogens (tertiary/aromatic N) is 2. The highest BCUT2D eigenvalue weighted by Crippen LogP contribution is 2.15. The summed E-state index contributed by atoms with van der Waals surface area (Å²) >= 11 is 0. The zero-order valence-corrected chi connectivity index (χ0v) is 13.0. The van der Waals surface area contributed by atoms with E-state index in [9.17, 15) is 13.9 Å². The summed E-state index contributed by atoms with van der Waals surface area (Å²) in [6.45, 7) is 3.95. The first kappa shape index (κ1) is 17.1. The molecule has 2 aromatic rings. The molecule has 1 heterocycles. The summed E-state index contributed by atoms with van der Waals surface area (Å²) in [4.78, 5) is 8.49. The Labute approximate surface area is 133 Å². The van der Waals surface area contributed by atoms with Gasteiger partial charge in [0.25, 0.3) is 0 Å². The van der Waals surface area contributed by atoms with Crippen LogP contribution in [0.2, 0.25) is 0 Å². The largest absolute Gasteiger partial charge is 0.491 e. The Bertz CT molecular complexity index is 668. The normalized spacial score (nSPS) is 12.0. The minimum absolute atomic E-state index is 0.0528. The molecule has 0 bridgehead atoms. The Morgan fingerprint density at radius 2 is 2.00 bits per heavy atom. The van der Waals surface area contributed by atoms with Crippen LogP contribution in [0.5, 0.6) is 5.75 Å². The zero-order chi connectivity index (χ0) is 16.8. The van der Waals surface area contributed by atoms with Crippen molar-refractivity contribution in [2.45, 2.75) is 26.4 Å². The lowest BCUT2D eigenvalue weighted by Crippen LogP contribution is -2.26. The molecule has 1 aromatic carbocycles. The minimum Gasteiger partial charge on any atom is -0.491 e. The van der Waals surface area contributed by atoms with Gasteiger partial charge in [0.15, 0.2) is 11.6 Å². The molecular formula is C16H19F2N3O2. The zero-order valence-electron chi connectivity index (χ0n) is 13.0. The molecule has 1 atom stereocenters. The first-order valence-electron chi connectivity index (χ1n) is 7.32. The molecule has 0 radical (unpaired) electrons. The maximum absolute atomic E-state index is 13.0. The Balaban J connectivity index is 1.84. The van der Waals surface area contributed by atoms with Gasteiger partial charge in [-0.2, -0.15) is 0 Å². The lowest BCUT2D eigenvalue weighted by molar-refractivity contribution is 0.117. The molecule has 2 N–H and O–H groups in total. The van der Waals surface area contributed by atoms with Crippen LogP contribution in [0.25, 0.3) is 0 Å². The number of anilines is 1. The predicted octanol–water partition coefficient (Wildman–Crippen LogP) is 2.48. The van der Waals surface area contributed by atoms with Crippen molar-refractivity contribution in [1.29, 1.82) is 0 Å². The number of benzene rings is 1. The van der Waals surface area contributed by atoms with Gasteiger partial charge in [0.1, 0.15) is 30.1 Å². The molecule has 0 saturated heterocycles. The Hall–Kier alpha value is -2.28. The number of aryl methyl sites for hydroxylation is 2. The van der Waals surface area contributed by atoms with Crippen LogP contribution < -0.4 is 10.1 Å². The molecule has 1 unspecified atom stereocenters. The van der Waals surface area contributed by atoms with Crippen LogP contribution in [0, 0.1) is 18.6 Å². The van der Waals surface area contributed by atoms with E-state index in [0.29, 0.717) is 11.6 Å². The third kappa shape index (κ3) is 5.14. The van der Waals surface area contributed by atoms with Gasteiger partial charge in [0.2, 0.25) is 0 Å². The molecule has 0 spiro atoms. The molecule has 0 saturated carbocycles. The second-order valence-corrected chi connectivity index (χ2v) is 5.07. The van der Waals surface area contributed by atoms with Gasteiger partial charge in [0.05, 0.1) is 0 Å². The van der Waals surface area contributed by atoms with Gasteiger partial charge in [-0.25, -0.2) is 18.7 Å². The van der Waals surface area contributed by atoms with Crippen molar-refractivity contribution in [2.24, 2.45) is 0 Å². The molecule has 1 aromatic heterocycles. The van der Waals surface area contributed by atoms with Crippen molar-refractivity contribution in [1.82, 2.24) is 9.97 Å². The molecule has 0 aliphatic carbocycles. The summed E-state index contributed by atoms with van der Waals surface area (Å²) in [6.07, 6.45) is -0.0386. The van der Waals surface area contributed by atoms with E-state index in [1.165, 1.54) is 6.07 Å². The molecule has 0 amide bonds. The number of ether oxygens (including phenoxy) is 1. The summed E-state index contributed by atoms with van der Waals surface area (Å²) in [7, 11) is 0. The summed E-state index contributed by atoms with van der Waals surface area (Å²) < 4.78 is 31.1. The van der Waals surface area contributed by atoms with Crippen LogP contribution in [0.4, 0.5) is 14.6 Å². The number of nitrogens with one attached hydrogen (secondary N) is 1. The lowest BCUT2D eigenvalue weighted by atomic mass is 10.3. The smallest absolute Gasteiger partial charge is 0.162 e. The average molecular weight is 323 g/mol.